The molecule has 1 aliphatic carbocycles. The van der Waals surface area contributed by atoms with E-state index < -0.39 is 12.0 Å². The molecule has 2 aliphatic heterocycles. The summed E-state index contributed by atoms with van der Waals surface area (Å²) in [6, 6.07) is 3.88. The standard InChI is InChI=1S/C19H20N4O4S/c24-9-12-11-8-22-13(2-1-3-14(22)25)15(11)23(18(27)10-4-5-10)16(12)17(26)21-19-20-6-7-28-19/h1-3,6-7,10-12,15-16,24H,4-5,8-9H2,(H,20,21,26)/t11-,12-,15+,16-/m1/s1. The molecular formula is C19H20N4O4S. The highest BCUT2D eigenvalue weighted by Crippen LogP contribution is 2.51. The number of anilines is 1. The van der Waals surface area contributed by atoms with Crippen molar-refractivity contribution >= 4 is 28.3 Å². The number of aromatic nitrogens is 2. The summed E-state index contributed by atoms with van der Waals surface area (Å²) in [5.41, 5.74) is 0.626. The number of carbonyl (C=O) groups is 2. The largest absolute Gasteiger partial charge is 0.396 e. The zero-order valence-corrected chi connectivity index (χ0v) is 15.8. The Labute approximate surface area is 164 Å². The van der Waals surface area contributed by atoms with Crippen molar-refractivity contribution in [2.45, 2.75) is 31.5 Å². The first-order valence-electron chi connectivity index (χ1n) is 9.43. The smallest absolute Gasteiger partial charge is 0.250 e. The number of nitrogens with zero attached hydrogens (tertiary/aromatic N) is 3. The van der Waals surface area contributed by atoms with Gasteiger partial charge < -0.3 is 19.9 Å². The van der Waals surface area contributed by atoms with E-state index >= 15 is 0 Å². The van der Waals surface area contributed by atoms with Crippen LogP contribution in [0.15, 0.2) is 34.6 Å². The molecule has 28 heavy (non-hydrogen) atoms. The van der Waals surface area contributed by atoms with Crippen molar-refractivity contribution in [2.75, 3.05) is 11.9 Å². The van der Waals surface area contributed by atoms with E-state index in [4.69, 9.17) is 0 Å². The molecule has 2 amide bonds. The highest BCUT2D eigenvalue weighted by atomic mass is 32.1. The van der Waals surface area contributed by atoms with Crippen LogP contribution in [0.3, 0.4) is 0 Å². The fourth-order valence-electron chi connectivity index (χ4n) is 4.69. The highest BCUT2D eigenvalue weighted by Gasteiger charge is 2.58. The predicted octanol–water partition coefficient (Wildman–Crippen LogP) is 0.844. The summed E-state index contributed by atoms with van der Waals surface area (Å²) in [5, 5.41) is 15.2. The molecule has 0 spiro atoms. The number of aliphatic hydroxyl groups is 1. The number of fused-ring (bicyclic) bond motifs is 3. The molecule has 4 heterocycles. The monoisotopic (exact) mass is 400 g/mol. The molecule has 0 aromatic carbocycles. The number of aliphatic hydroxyl groups excluding tert-OH is 1. The minimum absolute atomic E-state index is 0.0602. The molecule has 3 aliphatic rings. The number of amides is 2. The third-order valence-electron chi connectivity index (χ3n) is 6.06. The second-order valence-corrected chi connectivity index (χ2v) is 8.54. The van der Waals surface area contributed by atoms with Gasteiger partial charge in [0.2, 0.25) is 11.8 Å². The quantitative estimate of drug-likeness (QED) is 0.792. The molecule has 8 nitrogen and oxygen atoms in total. The van der Waals surface area contributed by atoms with Crippen LogP contribution < -0.4 is 10.9 Å². The van der Waals surface area contributed by atoms with Crippen molar-refractivity contribution in [3.8, 4) is 0 Å². The van der Waals surface area contributed by atoms with Gasteiger partial charge >= 0.3 is 0 Å². The van der Waals surface area contributed by atoms with E-state index in [9.17, 15) is 19.5 Å². The molecule has 0 bridgehead atoms. The molecule has 2 aromatic heterocycles. The number of likely N-dealkylation sites (tertiary alicyclic amines) is 1. The van der Waals surface area contributed by atoms with Crippen LogP contribution in [-0.4, -0.2) is 44.0 Å². The van der Waals surface area contributed by atoms with Gasteiger partial charge in [-0.2, -0.15) is 0 Å². The van der Waals surface area contributed by atoms with Crippen LogP contribution in [0.1, 0.15) is 24.6 Å². The Hall–Kier alpha value is -2.52. The van der Waals surface area contributed by atoms with Gasteiger partial charge in [0, 0.05) is 54.2 Å². The van der Waals surface area contributed by atoms with E-state index in [1.807, 2.05) is 6.07 Å². The summed E-state index contributed by atoms with van der Waals surface area (Å²) in [7, 11) is 0. The summed E-state index contributed by atoms with van der Waals surface area (Å²) < 4.78 is 1.67. The van der Waals surface area contributed by atoms with Crippen LogP contribution in [0.4, 0.5) is 5.13 Å². The number of pyridine rings is 1. The van der Waals surface area contributed by atoms with Gasteiger partial charge in [0.25, 0.3) is 5.56 Å². The normalized spacial score (nSPS) is 28.1. The molecule has 4 atom stereocenters. The first-order valence-corrected chi connectivity index (χ1v) is 10.3. The third kappa shape index (κ3) is 2.61. The minimum Gasteiger partial charge on any atom is -0.396 e. The molecule has 5 rings (SSSR count). The number of carbonyl (C=O) groups excluding carboxylic acids is 2. The van der Waals surface area contributed by atoms with E-state index in [0.717, 1.165) is 18.5 Å². The first kappa shape index (κ1) is 17.6. The molecule has 2 aromatic rings. The molecule has 0 radical (unpaired) electrons. The average Bonchev–Trinajstić information content (AvgIpc) is 3.13. The van der Waals surface area contributed by atoms with Gasteiger partial charge in [-0.05, 0) is 18.9 Å². The van der Waals surface area contributed by atoms with Gasteiger partial charge in [0.05, 0.1) is 6.04 Å². The Morgan fingerprint density at radius 3 is 2.82 bits per heavy atom. The van der Waals surface area contributed by atoms with Crippen molar-refractivity contribution in [3.05, 3.63) is 45.8 Å². The molecule has 2 fully saturated rings. The second-order valence-electron chi connectivity index (χ2n) is 7.65. The molecule has 0 unspecified atom stereocenters. The van der Waals surface area contributed by atoms with Crippen molar-refractivity contribution in [1.82, 2.24) is 14.5 Å². The Morgan fingerprint density at radius 2 is 2.14 bits per heavy atom. The second kappa shape index (κ2) is 6.52. The van der Waals surface area contributed by atoms with Gasteiger partial charge in [0.1, 0.15) is 6.04 Å². The molecule has 1 saturated heterocycles. The highest BCUT2D eigenvalue weighted by molar-refractivity contribution is 7.13. The maximum Gasteiger partial charge on any atom is 0.250 e. The van der Waals surface area contributed by atoms with E-state index in [2.05, 4.69) is 10.3 Å². The minimum atomic E-state index is -0.777. The maximum absolute atomic E-state index is 13.2. The van der Waals surface area contributed by atoms with Crippen LogP contribution in [0.2, 0.25) is 0 Å². The topological polar surface area (TPSA) is 105 Å². The SMILES string of the molecule is O=C(Nc1nccs1)[C@H]1[C@H](CO)[C@H]2Cn3c(cccc3=O)[C@H]2N1C(=O)C1CC1. The molecular weight excluding hydrogens is 380 g/mol. The van der Waals surface area contributed by atoms with Crippen LogP contribution in [0.5, 0.6) is 0 Å². The molecule has 9 heteroatoms. The van der Waals surface area contributed by atoms with Gasteiger partial charge in [-0.1, -0.05) is 6.07 Å². The number of hydrogen-bond donors (Lipinski definition) is 2. The number of hydrogen-bond acceptors (Lipinski definition) is 6. The molecule has 146 valence electrons. The Morgan fingerprint density at radius 1 is 1.32 bits per heavy atom. The first-order chi connectivity index (χ1) is 13.6. The predicted molar refractivity (Wildman–Crippen MR) is 102 cm³/mol. The van der Waals surface area contributed by atoms with Crippen LogP contribution in [0, 0.1) is 17.8 Å². The lowest BCUT2D eigenvalue weighted by Crippen LogP contribution is -2.48. The number of rotatable bonds is 4. The zero-order valence-electron chi connectivity index (χ0n) is 15.0. The zero-order chi connectivity index (χ0) is 19.4. The van der Waals surface area contributed by atoms with Crippen molar-refractivity contribution in [2.24, 2.45) is 17.8 Å². The van der Waals surface area contributed by atoms with E-state index in [1.165, 1.54) is 17.4 Å². The van der Waals surface area contributed by atoms with Gasteiger partial charge in [-0.3, -0.25) is 14.4 Å². The number of nitrogens with one attached hydrogen (secondary N) is 1. The lowest BCUT2D eigenvalue weighted by Gasteiger charge is -2.30. The average molecular weight is 400 g/mol. The fourth-order valence-corrected chi connectivity index (χ4v) is 5.22. The summed E-state index contributed by atoms with van der Waals surface area (Å²) in [5.74, 6) is -1.07. The van der Waals surface area contributed by atoms with Crippen molar-refractivity contribution in [1.29, 1.82) is 0 Å². The van der Waals surface area contributed by atoms with Crippen LogP contribution >= 0.6 is 11.3 Å². The van der Waals surface area contributed by atoms with Crippen molar-refractivity contribution in [3.63, 3.8) is 0 Å². The van der Waals surface area contributed by atoms with E-state index in [-0.39, 0.29) is 41.9 Å². The Kier molecular flexibility index (Phi) is 4.09. The van der Waals surface area contributed by atoms with E-state index in [1.54, 1.807) is 27.1 Å². The fraction of sp³-hybridized carbons (Fsp3) is 0.474. The maximum atomic E-state index is 13.2. The summed E-state index contributed by atoms with van der Waals surface area (Å²) >= 11 is 1.30. The van der Waals surface area contributed by atoms with Crippen molar-refractivity contribution < 1.29 is 14.7 Å². The van der Waals surface area contributed by atoms with Gasteiger partial charge in [-0.15, -0.1) is 11.3 Å². The molecule has 2 N–H and O–H groups in total. The lowest BCUT2D eigenvalue weighted by atomic mass is 9.88. The summed E-state index contributed by atoms with van der Waals surface area (Å²) in [6.07, 6.45) is 3.24. The van der Waals surface area contributed by atoms with Gasteiger partial charge in [-0.25, -0.2) is 4.98 Å². The summed E-state index contributed by atoms with van der Waals surface area (Å²) in [4.78, 5) is 44.4. The Balaban J connectivity index is 1.57. The van der Waals surface area contributed by atoms with Gasteiger partial charge in [0.15, 0.2) is 5.13 Å². The lowest BCUT2D eigenvalue weighted by molar-refractivity contribution is -0.141. The molecule has 1 saturated carbocycles. The van der Waals surface area contributed by atoms with Crippen LogP contribution in [-0.2, 0) is 16.1 Å². The van der Waals surface area contributed by atoms with E-state index in [0.29, 0.717) is 11.7 Å². The number of thiazole rings is 1. The summed E-state index contributed by atoms with van der Waals surface area (Å²) in [6.45, 7) is 0.175. The third-order valence-corrected chi connectivity index (χ3v) is 6.75. The van der Waals surface area contributed by atoms with Crippen LogP contribution in [0.25, 0.3) is 0 Å². The Bertz CT molecular complexity index is 984.